The van der Waals surface area contributed by atoms with Crippen LogP contribution < -0.4 is 10.6 Å². The van der Waals surface area contributed by atoms with Gasteiger partial charge in [-0.1, -0.05) is 20.8 Å². The highest BCUT2D eigenvalue weighted by atomic mass is 16.4. The molecule has 1 rings (SSSR count). The van der Waals surface area contributed by atoms with Gasteiger partial charge in [0, 0.05) is 26.2 Å². The van der Waals surface area contributed by atoms with Crippen molar-refractivity contribution in [1.29, 1.82) is 0 Å². The van der Waals surface area contributed by atoms with Crippen molar-refractivity contribution >= 4 is 12.0 Å². The van der Waals surface area contributed by atoms with E-state index in [1.807, 2.05) is 0 Å². The molecule has 0 bridgehead atoms. The largest absolute Gasteiger partial charge is 0.480 e. The minimum Gasteiger partial charge on any atom is -0.480 e. The quantitative estimate of drug-likeness (QED) is 0.642. The van der Waals surface area contributed by atoms with E-state index in [4.69, 9.17) is 5.11 Å². The molecule has 1 fully saturated rings. The second-order valence-corrected chi connectivity index (χ2v) is 5.32. The van der Waals surface area contributed by atoms with Crippen LogP contribution in [0.1, 0.15) is 20.8 Å². The summed E-state index contributed by atoms with van der Waals surface area (Å²) >= 11 is 0. The van der Waals surface area contributed by atoms with E-state index in [1.54, 1.807) is 25.7 Å². The topological polar surface area (TPSA) is 81.7 Å². The molecule has 0 aromatic carbocycles. The standard InChI is InChI=1S/C11H21N3O3/c1-11(2,3)8(9(15)16)13-10(17)14-6-4-12-5-7-14/h8,12H,4-7H2,1-3H3,(H,13,17)(H,15,16)/t8-/m1/s1. The van der Waals surface area contributed by atoms with Gasteiger partial charge < -0.3 is 20.6 Å². The summed E-state index contributed by atoms with van der Waals surface area (Å²) in [6.45, 7) is 8.11. The van der Waals surface area contributed by atoms with Gasteiger partial charge in [0.1, 0.15) is 6.04 Å². The van der Waals surface area contributed by atoms with E-state index < -0.39 is 17.4 Å². The van der Waals surface area contributed by atoms with Crippen LogP contribution in [-0.2, 0) is 4.79 Å². The van der Waals surface area contributed by atoms with Crippen molar-refractivity contribution in [2.45, 2.75) is 26.8 Å². The highest BCUT2D eigenvalue weighted by Gasteiger charge is 2.33. The van der Waals surface area contributed by atoms with E-state index in [-0.39, 0.29) is 6.03 Å². The van der Waals surface area contributed by atoms with Gasteiger partial charge in [-0.3, -0.25) is 0 Å². The molecule has 1 saturated heterocycles. The Morgan fingerprint density at radius 2 is 1.82 bits per heavy atom. The van der Waals surface area contributed by atoms with Gasteiger partial charge in [0.05, 0.1) is 0 Å². The normalized spacial score (nSPS) is 18.6. The summed E-state index contributed by atoms with van der Waals surface area (Å²) in [7, 11) is 0. The van der Waals surface area contributed by atoms with Gasteiger partial charge in [0.25, 0.3) is 0 Å². The number of urea groups is 1. The number of nitrogens with zero attached hydrogens (tertiary/aromatic N) is 1. The molecule has 0 spiro atoms. The molecule has 6 heteroatoms. The molecule has 1 aliphatic rings. The average Bonchev–Trinajstić information content (AvgIpc) is 2.24. The van der Waals surface area contributed by atoms with Crippen molar-refractivity contribution in [2.24, 2.45) is 5.41 Å². The van der Waals surface area contributed by atoms with Crippen LogP contribution in [0.25, 0.3) is 0 Å². The minimum atomic E-state index is -0.999. The monoisotopic (exact) mass is 243 g/mol. The minimum absolute atomic E-state index is 0.297. The molecule has 0 unspecified atom stereocenters. The first-order valence-electron chi connectivity index (χ1n) is 5.81. The van der Waals surface area contributed by atoms with Gasteiger partial charge in [-0.15, -0.1) is 0 Å². The van der Waals surface area contributed by atoms with Crippen LogP contribution in [-0.4, -0.2) is 54.2 Å². The Bertz CT molecular complexity index is 293. The molecule has 1 atom stereocenters. The Labute approximate surface area is 101 Å². The lowest BCUT2D eigenvalue weighted by Crippen LogP contribution is -2.56. The second kappa shape index (κ2) is 5.35. The molecule has 98 valence electrons. The summed E-state index contributed by atoms with van der Waals surface area (Å²) in [5.41, 5.74) is -0.504. The van der Waals surface area contributed by atoms with Crippen LogP contribution in [0.2, 0.25) is 0 Å². The fourth-order valence-corrected chi connectivity index (χ4v) is 1.73. The number of carbonyl (C=O) groups is 2. The zero-order valence-electron chi connectivity index (χ0n) is 10.6. The van der Waals surface area contributed by atoms with Crippen molar-refractivity contribution in [2.75, 3.05) is 26.2 Å². The predicted octanol–water partition coefficient (Wildman–Crippen LogP) is 0.101. The van der Waals surface area contributed by atoms with E-state index in [0.717, 1.165) is 13.1 Å². The van der Waals surface area contributed by atoms with E-state index in [2.05, 4.69) is 10.6 Å². The Morgan fingerprint density at radius 3 is 2.24 bits per heavy atom. The fraction of sp³-hybridized carbons (Fsp3) is 0.818. The van der Waals surface area contributed by atoms with E-state index in [1.165, 1.54) is 0 Å². The second-order valence-electron chi connectivity index (χ2n) is 5.32. The first-order chi connectivity index (χ1) is 7.82. The van der Waals surface area contributed by atoms with Crippen LogP contribution >= 0.6 is 0 Å². The lowest BCUT2D eigenvalue weighted by atomic mass is 9.87. The molecule has 0 saturated carbocycles. The number of aliphatic carboxylic acids is 1. The maximum Gasteiger partial charge on any atom is 0.326 e. The maximum atomic E-state index is 11.9. The average molecular weight is 243 g/mol. The van der Waals surface area contributed by atoms with Crippen molar-refractivity contribution in [3.63, 3.8) is 0 Å². The third-order valence-electron chi connectivity index (χ3n) is 2.78. The Balaban J connectivity index is 2.60. The van der Waals surface area contributed by atoms with Crippen molar-refractivity contribution < 1.29 is 14.7 Å². The molecule has 2 amide bonds. The number of amides is 2. The maximum absolute atomic E-state index is 11.9. The molecule has 3 N–H and O–H groups in total. The lowest BCUT2D eigenvalue weighted by Gasteiger charge is -2.32. The summed E-state index contributed by atoms with van der Waals surface area (Å²) in [6, 6.07) is -1.17. The molecular weight excluding hydrogens is 222 g/mol. The molecule has 0 radical (unpaired) electrons. The van der Waals surface area contributed by atoms with Crippen LogP contribution in [0.5, 0.6) is 0 Å². The van der Waals surface area contributed by atoms with Crippen molar-refractivity contribution in [1.82, 2.24) is 15.5 Å². The van der Waals surface area contributed by atoms with E-state index in [9.17, 15) is 9.59 Å². The van der Waals surface area contributed by atoms with Crippen molar-refractivity contribution in [3.8, 4) is 0 Å². The van der Waals surface area contributed by atoms with Crippen molar-refractivity contribution in [3.05, 3.63) is 0 Å². The summed E-state index contributed by atoms with van der Waals surface area (Å²) in [6.07, 6.45) is 0. The van der Waals surface area contributed by atoms with Gasteiger partial charge in [-0.2, -0.15) is 0 Å². The van der Waals surface area contributed by atoms with Gasteiger partial charge >= 0.3 is 12.0 Å². The number of piperazine rings is 1. The van der Waals surface area contributed by atoms with Gasteiger partial charge in [-0.25, -0.2) is 9.59 Å². The molecule has 1 heterocycles. The van der Waals surface area contributed by atoms with Gasteiger partial charge in [0.15, 0.2) is 0 Å². The smallest absolute Gasteiger partial charge is 0.326 e. The predicted molar refractivity (Wildman–Crippen MR) is 63.9 cm³/mol. The van der Waals surface area contributed by atoms with E-state index >= 15 is 0 Å². The number of carboxylic acids is 1. The number of hydrogen-bond donors (Lipinski definition) is 3. The Kier molecular flexibility index (Phi) is 4.34. The van der Waals surface area contributed by atoms with Crippen LogP contribution in [0.4, 0.5) is 4.79 Å². The zero-order valence-corrected chi connectivity index (χ0v) is 10.6. The van der Waals surface area contributed by atoms with Crippen LogP contribution in [0, 0.1) is 5.41 Å². The molecule has 17 heavy (non-hydrogen) atoms. The molecular formula is C11H21N3O3. The highest BCUT2D eigenvalue weighted by Crippen LogP contribution is 2.19. The molecule has 6 nitrogen and oxygen atoms in total. The number of hydrogen-bond acceptors (Lipinski definition) is 3. The van der Waals surface area contributed by atoms with Gasteiger partial charge in [-0.05, 0) is 5.41 Å². The van der Waals surface area contributed by atoms with Crippen LogP contribution in [0.15, 0.2) is 0 Å². The highest BCUT2D eigenvalue weighted by molar-refractivity contribution is 5.83. The Morgan fingerprint density at radius 1 is 1.29 bits per heavy atom. The fourth-order valence-electron chi connectivity index (χ4n) is 1.73. The zero-order chi connectivity index (χ0) is 13.1. The molecule has 0 aromatic rings. The third kappa shape index (κ3) is 3.89. The number of carbonyl (C=O) groups excluding carboxylic acids is 1. The number of nitrogens with one attached hydrogen (secondary N) is 2. The van der Waals surface area contributed by atoms with Gasteiger partial charge in [0.2, 0.25) is 0 Å². The molecule has 1 aliphatic heterocycles. The number of rotatable bonds is 2. The third-order valence-corrected chi connectivity index (χ3v) is 2.78. The number of carboxylic acid groups (broad SMARTS) is 1. The van der Waals surface area contributed by atoms with Crippen LogP contribution in [0.3, 0.4) is 0 Å². The Hall–Kier alpha value is -1.30. The lowest BCUT2D eigenvalue weighted by molar-refractivity contribution is -0.142. The van der Waals surface area contributed by atoms with E-state index in [0.29, 0.717) is 13.1 Å². The SMILES string of the molecule is CC(C)(C)[C@H](NC(=O)N1CCNCC1)C(=O)O. The first-order valence-corrected chi connectivity index (χ1v) is 5.81. The molecule has 0 aromatic heterocycles. The molecule has 0 aliphatic carbocycles. The summed E-state index contributed by atoms with van der Waals surface area (Å²) < 4.78 is 0. The summed E-state index contributed by atoms with van der Waals surface area (Å²) in [4.78, 5) is 24.6. The summed E-state index contributed by atoms with van der Waals surface area (Å²) in [5.74, 6) is -0.999. The summed E-state index contributed by atoms with van der Waals surface area (Å²) in [5, 5.41) is 14.8. The first kappa shape index (κ1) is 13.8.